The van der Waals surface area contributed by atoms with Crippen molar-refractivity contribution in [3.63, 3.8) is 0 Å². The zero-order chi connectivity index (χ0) is 19.1. The van der Waals surface area contributed by atoms with Crippen molar-refractivity contribution in [1.29, 1.82) is 0 Å². The molecule has 0 amide bonds. The second-order valence-electron chi connectivity index (χ2n) is 6.68. The summed E-state index contributed by atoms with van der Waals surface area (Å²) in [5.41, 5.74) is 2.77. The van der Waals surface area contributed by atoms with Crippen LogP contribution in [0, 0.1) is 5.82 Å². The number of pyridine rings is 1. The van der Waals surface area contributed by atoms with Gasteiger partial charge in [-0.1, -0.05) is 22.9 Å². The molecular formula is C19H16ClFN6S. The molecule has 1 aliphatic heterocycles. The minimum atomic E-state index is -0.393. The maximum atomic E-state index is 13.4. The van der Waals surface area contributed by atoms with Crippen molar-refractivity contribution in [2.24, 2.45) is 0 Å². The third kappa shape index (κ3) is 3.29. The quantitative estimate of drug-likeness (QED) is 0.538. The number of nitrogens with one attached hydrogen (secondary N) is 1. The normalized spacial score (nSPS) is 16.8. The number of imidazole rings is 1. The zero-order valence-electron chi connectivity index (χ0n) is 14.7. The van der Waals surface area contributed by atoms with Crippen molar-refractivity contribution in [2.75, 3.05) is 23.3 Å². The Morgan fingerprint density at radius 2 is 2.21 bits per heavy atom. The van der Waals surface area contributed by atoms with Gasteiger partial charge in [0.15, 0.2) is 0 Å². The highest BCUT2D eigenvalue weighted by Crippen LogP contribution is 2.28. The minimum absolute atomic E-state index is 0.152. The van der Waals surface area contributed by atoms with Crippen LogP contribution in [0.1, 0.15) is 6.42 Å². The first-order chi connectivity index (χ1) is 13.7. The van der Waals surface area contributed by atoms with Crippen LogP contribution in [0.15, 0.2) is 48.9 Å². The van der Waals surface area contributed by atoms with E-state index in [2.05, 4.69) is 25.3 Å². The van der Waals surface area contributed by atoms with Crippen LogP contribution in [0.3, 0.4) is 0 Å². The number of hydrogen-bond donors (Lipinski definition) is 1. The van der Waals surface area contributed by atoms with E-state index in [1.165, 1.54) is 17.4 Å². The van der Waals surface area contributed by atoms with E-state index in [1.54, 1.807) is 29.0 Å². The van der Waals surface area contributed by atoms with Crippen molar-refractivity contribution >= 4 is 38.7 Å². The number of fused-ring (bicyclic) bond motifs is 1. The van der Waals surface area contributed by atoms with Crippen LogP contribution in [0.4, 0.5) is 15.2 Å². The third-order valence-electron chi connectivity index (χ3n) is 4.78. The van der Waals surface area contributed by atoms with Crippen LogP contribution in [0.5, 0.6) is 0 Å². The van der Waals surface area contributed by atoms with Crippen molar-refractivity contribution in [1.82, 2.24) is 19.6 Å². The van der Waals surface area contributed by atoms with E-state index in [4.69, 9.17) is 11.6 Å². The van der Waals surface area contributed by atoms with E-state index >= 15 is 0 Å². The molecule has 1 aromatic carbocycles. The van der Waals surface area contributed by atoms with Gasteiger partial charge < -0.3 is 10.2 Å². The molecule has 4 heterocycles. The van der Waals surface area contributed by atoms with Crippen LogP contribution in [0.2, 0.25) is 5.02 Å². The Kier molecular flexibility index (Phi) is 4.37. The summed E-state index contributed by atoms with van der Waals surface area (Å²) in [6, 6.07) is 8.99. The fourth-order valence-electron chi connectivity index (χ4n) is 3.38. The van der Waals surface area contributed by atoms with E-state index in [0.29, 0.717) is 0 Å². The molecule has 0 radical (unpaired) electrons. The number of anilines is 2. The molecule has 1 saturated heterocycles. The van der Waals surface area contributed by atoms with E-state index < -0.39 is 5.82 Å². The summed E-state index contributed by atoms with van der Waals surface area (Å²) in [5, 5.41) is 9.07. The van der Waals surface area contributed by atoms with E-state index in [9.17, 15) is 4.39 Å². The lowest BCUT2D eigenvalue weighted by atomic mass is 10.2. The molecule has 0 saturated carbocycles. The number of rotatable bonds is 4. The number of hydrogen-bond acceptors (Lipinski definition) is 6. The van der Waals surface area contributed by atoms with E-state index in [0.717, 1.165) is 46.5 Å². The smallest absolute Gasteiger partial charge is 0.214 e. The van der Waals surface area contributed by atoms with Gasteiger partial charge in [-0.15, -0.1) is 5.10 Å². The van der Waals surface area contributed by atoms with Gasteiger partial charge in [0.2, 0.25) is 10.1 Å². The van der Waals surface area contributed by atoms with Gasteiger partial charge in [-0.25, -0.2) is 13.9 Å². The summed E-state index contributed by atoms with van der Waals surface area (Å²) in [6.45, 7) is 1.69. The minimum Gasteiger partial charge on any atom is -0.369 e. The largest absolute Gasteiger partial charge is 0.369 e. The van der Waals surface area contributed by atoms with Crippen LogP contribution >= 0.6 is 22.9 Å². The SMILES string of the molecule is Fc1ccc(N2CCC(Nc3nn4cc(-c5cccnc5)nc4s3)C2)cc1Cl. The number of aromatic nitrogens is 4. The van der Waals surface area contributed by atoms with Gasteiger partial charge in [-0.2, -0.15) is 0 Å². The lowest BCUT2D eigenvalue weighted by Crippen LogP contribution is -2.26. The predicted octanol–water partition coefficient (Wildman–Crippen LogP) is 4.34. The first-order valence-electron chi connectivity index (χ1n) is 8.89. The second kappa shape index (κ2) is 7.03. The van der Waals surface area contributed by atoms with Gasteiger partial charge in [0, 0.05) is 42.8 Å². The van der Waals surface area contributed by atoms with Crippen LogP contribution in [-0.4, -0.2) is 38.7 Å². The molecule has 28 heavy (non-hydrogen) atoms. The Morgan fingerprint density at radius 1 is 1.29 bits per heavy atom. The lowest BCUT2D eigenvalue weighted by molar-refractivity contribution is 0.628. The summed E-state index contributed by atoms with van der Waals surface area (Å²) < 4.78 is 15.2. The molecule has 142 valence electrons. The Morgan fingerprint density at radius 3 is 3.00 bits per heavy atom. The zero-order valence-corrected chi connectivity index (χ0v) is 16.3. The highest BCUT2D eigenvalue weighted by atomic mass is 35.5. The molecule has 0 bridgehead atoms. The molecule has 6 nitrogen and oxygen atoms in total. The average molecular weight is 415 g/mol. The Labute approximate surface area is 169 Å². The maximum Gasteiger partial charge on any atom is 0.214 e. The van der Waals surface area contributed by atoms with Gasteiger partial charge >= 0.3 is 0 Å². The molecule has 5 rings (SSSR count). The van der Waals surface area contributed by atoms with E-state index in [1.807, 2.05) is 18.3 Å². The van der Waals surface area contributed by atoms with Crippen molar-refractivity contribution in [3.8, 4) is 11.3 Å². The van der Waals surface area contributed by atoms with Crippen molar-refractivity contribution in [3.05, 3.63) is 59.8 Å². The van der Waals surface area contributed by atoms with Gasteiger partial charge in [0.25, 0.3) is 0 Å². The molecule has 1 fully saturated rings. The summed E-state index contributed by atoms with van der Waals surface area (Å²) in [4.78, 5) is 11.8. The fourth-order valence-corrected chi connectivity index (χ4v) is 4.41. The Bertz CT molecular complexity index is 1100. The van der Waals surface area contributed by atoms with Crippen LogP contribution in [0.25, 0.3) is 16.2 Å². The summed E-state index contributed by atoms with van der Waals surface area (Å²) in [7, 11) is 0. The fraction of sp³-hybridized carbons (Fsp3) is 0.211. The van der Waals surface area contributed by atoms with Gasteiger partial charge in [-0.3, -0.25) is 4.98 Å². The molecule has 1 atom stereocenters. The molecule has 9 heteroatoms. The first-order valence-corrected chi connectivity index (χ1v) is 10.1. The summed E-state index contributed by atoms with van der Waals surface area (Å²) in [6.07, 6.45) is 6.42. The molecule has 1 N–H and O–H groups in total. The van der Waals surface area contributed by atoms with Gasteiger partial charge in [0.1, 0.15) is 5.82 Å². The summed E-state index contributed by atoms with van der Waals surface area (Å²) >= 11 is 7.43. The van der Waals surface area contributed by atoms with Gasteiger partial charge in [-0.05, 0) is 36.8 Å². The maximum absolute atomic E-state index is 13.4. The first kappa shape index (κ1) is 17.4. The third-order valence-corrected chi connectivity index (χ3v) is 5.93. The molecule has 1 aliphatic rings. The number of halogens is 2. The van der Waals surface area contributed by atoms with Crippen LogP contribution < -0.4 is 10.2 Å². The highest BCUT2D eigenvalue weighted by Gasteiger charge is 2.24. The monoisotopic (exact) mass is 414 g/mol. The lowest BCUT2D eigenvalue weighted by Gasteiger charge is -2.19. The summed E-state index contributed by atoms with van der Waals surface area (Å²) in [5.74, 6) is -0.393. The molecule has 1 unspecified atom stereocenters. The molecule has 4 aromatic rings. The highest BCUT2D eigenvalue weighted by molar-refractivity contribution is 7.20. The second-order valence-corrected chi connectivity index (χ2v) is 8.04. The average Bonchev–Trinajstić information content (AvgIpc) is 3.40. The van der Waals surface area contributed by atoms with Crippen molar-refractivity contribution < 1.29 is 4.39 Å². The number of nitrogens with zero attached hydrogens (tertiary/aromatic N) is 5. The predicted molar refractivity (Wildman–Crippen MR) is 110 cm³/mol. The molecule has 3 aromatic heterocycles. The molecule has 0 spiro atoms. The topological polar surface area (TPSA) is 58.4 Å². The van der Waals surface area contributed by atoms with Crippen molar-refractivity contribution in [2.45, 2.75) is 12.5 Å². The molecule has 0 aliphatic carbocycles. The Hall–Kier alpha value is -2.71. The Balaban J connectivity index is 1.28. The standard InChI is InChI=1S/C19H16ClFN6S/c20-15-8-14(3-4-16(15)21)26-7-5-13(10-26)23-18-25-27-11-17(24-19(27)28-18)12-2-1-6-22-9-12/h1-4,6,8-9,11,13H,5,7,10H2,(H,23,25). The van der Waals surface area contributed by atoms with Gasteiger partial charge in [0.05, 0.1) is 16.9 Å². The molecular weight excluding hydrogens is 399 g/mol. The van der Waals surface area contributed by atoms with E-state index in [-0.39, 0.29) is 11.1 Å². The van der Waals surface area contributed by atoms with Crippen LogP contribution in [-0.2, 0) is 0 Å². The number of benzene rings is 1.